The molecule has 0 aliphatic heterocycles. The van der Waals surface area contributed by atoms with Crippen LogP contribution in [0.5, 0.6) is 5.75 Å². The van der Waals surface area contributed by atoms with Crippen LogP contribution in [-0.4, -0.2) is 22.4 Å². The number of aryl methyl sites for hydroxylation is 1. The lowest BCUT2D eigenvalue weighted by molar-refractivity contribution is -0.274. The molecule has 1 aromatic heterocycles. The lowest BCUT2D eigenvalue weighted by Gasteiger charge is -2.11. The van der Waals surface area contributed by atoms with E-state index >= 15 is 0 Å². The largest absolute Gasteiger partial charge is 0.573 e. The first-order valence-electron chi connectivity index (χ1n) is 5.81. The molecule has 0 aliphatic rings. The molecule has 21 heavy (non-hydrogen) atoms. The summed E-state index contributed by atoms with van der Waals surface area (Å²) in [6, 6.07) is 4.90. The van der Waals surface area contributed by atoms with Gasteiger partial charge in [-0.1, -0.05) is 0 Å². The standard InChI is InChI=1S/C14H10F3NO3/c1-8-2-11(7-18-6-8)9-3-10(13(19)20)5-12(4-9)21-14(15,16)17/h2-7H,1H3,(H,19,20). The second-order valence-electron chi connectivity index (χ2n) is 4.35. The highest BCUT2D eigenvalue weighted by Crippen LogP contribution is 2.30. The third kappa shape index (κ3) is 3.95. The first-order valence-corrected chi connectivity index (χ1v) is 5.81. The number of pyridine rings is 1. The van der Waals surface area contributed by atoms with E-state index in [0.717, 1.165) is 17.7 Å². The maximum absolute atomic E-state index is 12.3. The molecule has 110 valence electrons. The van der Waals surface area contributed by atoms with E-state index in [4.69, 9.17) is 5.11 Å². The molecule has 2 rings (SSSR count). The Morgan fingerprint density at radius 1 is 1.14 bits per heavy atom. The highest BCUT2D eigenvalue weighted by atomic mass is 19.4. The maximum Gasteiger partial charge on any atom is 0.573 e. The van der Waals surface area contributed by atoms with Gasteiger partial charge in [0.1, 0.15) is 5.75 Å². The van der Waals surface area contributed by atoms with Crippen molar-refractivity contribution in [3.8, 4) is 16.9 Å². The Labute approximate surface area is 117 Å². The molecular weight excluding hydrogens is 287 g/mol. The highest BCUT2D eigenvalue weighted by molar-refractivity contribution is 5.90. The van der Waals surface area contributed by atoms with E-state index in [0.29, 0.717) is 5.56 Å². The number of hydrogen-bond donors (Lipinski definition) is 1. The van der Waals surface area contributed by atoms with Crippen LogP contribution in [0.15, 0.2) is 36.7 Å². The fourth-order valence-corrected chi connectivity index (χ4v) is 1.79. The van der Waals surface area contributed by atoms with Gasteiger partial charge in [0.2, 0.25) is 0 Å². The quantitative estimate of drug-likeness (QED) is 0.939. The summed E-state index contributed by atoms with van der Waals surface area (Å²) in [5.74, 6) is -1.93. The van der Waals surface area contributed by atoms with Crippen molar-refractivity contribution in [2.45, 2.75) is 13.3 Å². The molecule has 0 saturated heterocycles. The average Bonchev–Trinajstić information content (AvgIpc) is 2.36. The molecule has 0 fully saturated rings. The van der Waals surface area contributed by atoms with Crippen molar-refractivity contribution in [2.75, 3.05) is 0 Å². The fourth-order valence-electron chi connectivity index (χ4n) is 1.79. The fraction of sp³-hybridized carbons (Fsp3) is 0.143. The Hall–Kier alpha value is -2.57. The van der Waals surface area contributed by atoms with Crippen LogP contribution < -0.4 is 4.74 Å². The number of aromatic carboxylic acids is 1. The number of benzene rings is 1. The Morgan fingerprint density at radius 2 is 1.86 bits per heavy atom. The smallest absolute Gasteiger partial charge is 0.478 e. The molecule has 0 amide bonds. The molecule has 0 radical (unpaired) electrons. The molecule has 1 aromatic carbocycles. The predicted molar refractivity (Wildman–Crippen MR) is 68.1 cm³/mol. The topological polar surface area (TPSA) is 59.4 Å². The highest BCUT2D eigenvalue weighted by Gasteiger charge is 2.31. The van der Waals surface area contributed by atoms with Crippen molar-refractivity contribution in [3.05, 3.63) is 47.8 Å². The van der Waals surface area contributed by atoms with E-state index in [2.05, 4.69) is 9.72 Å². The molecule has 0 saturated carbocycles. The number of carboxylic acids is 1. The second-order valence-corrected chi connectivity index (χ2v) is 4.35. The van der Waals surface area contributed by atoms with Crippen molar-refractivity contribution in [1.82, 2.24) is 4.98 Å². The van der Waals surface area contributed by atoms with Gasteiger partial charge in [-0.3, -0.25) is 4.98 Å². The van der Waals surface area contributed by atoms with Gasteiger partial charge in [-0.2, -0.15) is 0 Å². The summed E-state index contributed by atoms with van der Waals surface area (Å²) in [7, 11) is 0. The van der Waals surface area contributed by atoms with Crippen LogP contribution >= 0.6 is 0 Å². The van der Waals surface area contributed by atoms with Crippen molar-refractivity contribution in [1.29, 1.82) is 0 Å². The van der Waals surface area contributed by atoms with Crippen LogP contribution in [-0.2, 0) is 0 Å². The van der Waals surface area contributed by atoms with E-state index in [1.807, 2.05) is 0 Å². The third-order valence-corrected chi connectivity index (χ3v) is 2.60. The number of halogens is 3. The summed E-state index contributed by atoms with van der Waals surface area (Å²) in [5.41, 5.74) is 1.29. The number of nitrogens with zero attached hydrogens (tertiary/aromatic N) is 1. The summed E-state index contributed by atoms with van der Waals surface area (Å²) < 4.78 is 40.7. The summed E-state index contributed by atoms with van der Waals surface area (Å²) in [5, 5.41) is 8.98. The molecule has 1 heterocycles. The second kappa shape index (κ2) is 5.43. The zero-order valence-electron chi connectivity index (χ0n) is 10.8. The van der Waals surface area contributed by atoms with Crippen molar-refractivity contribution >= 4 is 5.97 Å². The third-order valence-electron chi connectivity index (χ3n) is 2.60. The van der Waals surface area contributed by atoms with Crippen LogP contribution in [0.4, 0.5) is 13.2 Å². The summed E-state index contributed by atoms with van der Waals surface area (Å²) in [4.78, 5) is 14.9. The Bertz CT molecular complexity index is 683. The molecule has 0 aliphatic carbocycles. The van der Waals surface area contributed by atoms with E-state index in [-0.39, 0.29) is 11.1 Å². The molecule has 0 atom stereocenters. The van der Waals surface area contributed by atoms with Crippen molar-refractivity contribution in [3.63, 3.8) is 0 Å². The number of carboxylic acid groups (broad SMARTS) is 1. The molecule has 0 unspecified atom stereocenters. The average molecular weight is 297 g/mol. The Morgan fingerprint density at radius 3 is 2.43 bits per heavy atom. The van der Waals surface area contributed by atoms with E-state index in [1.54, 1.807) is 19.2 Å². The minimum Gasteiger partial charge on any atom is -0.478 e. The number of alkyl halides is 3. The summed E-state index contributed by atoms with van der Waals surface area (Å²) >= 11 is 0. The normalized spacial score (nSPS) is 11.2. The van der Waals surface area contributed by atoms with Crippen LogP contribution in [0.3, 0.4) is 0 Å². The lowest BCUT2D eigenvalue weighted by atomic mass is 10.0. The number of aromatic nitrogens is 1. The van der Waals surface area contributed by atoms with Crippen LogP contribution in [0.25, 0.3) is 11.1 Å². The monoisotopic (exact) mass is 297 g/mol. The molecular formula is C14H10F3NO3. The number of hydrogen-bond acceptors (Lipinski definition) is 3. The minimum atomic E-state index is -4.89. The van der Waals surface area contributed by atoms with Gasteiger partial charge < -0.3 is 9.84 Å². The number of rotatable bonds is 3. The summed E-state index contributed by atoms with van der Waals surface area (Å²) in [6.45, 7) is 1.77. The van der Waals surface area contributed by atoms with Crippen molar-refractivity contribution < 1.29 is 27.8 Å². The van der Waals surface area contributed by atoms with Crippen molar-refractivity contribution in [2.24, 2.45) is 0 Å². The van der Waals surface area contributed by atoms with E-state index in [1.165, 1.54) is 12.3 Å². The molecule has 2 aromatic rings. The van der Waals surface area contributed by atoms with Gasteiger partial charge in [0.25, 0.3) is 0 Å². The SMILES string of the molecule is Cc1cncc(-c2cc(OC(F)(F)F)cc(C(=O)O)c2)c1. The number of carbonyl (C=O) groups is 1. The first-order chi connectivity index (χ1) is 9.74. The van der Waals surface area contributed by atoms with Gasteiger partial charge >= 0.3 is 12.3 Å². The minimum absolute atomic E-state index is 0.283. The van der Waals surface area contributed by atoms with Gasteiger partial charge in [0.05, 0.1) is 5.56 Å². The van der Waals surface area contributed by atoms with Gasteiger partial charge in [0, 0.05) is 18.0 Å². The van der Waals surface area contributed by atoms with Gasteiger partial charge in [-0.15, -0.1) is 13.2 Å². The zero-order valence-corrected chi connectivity index (χ0v) is 10.8. The van der Waals surface area contributed by atoms with Crippen LogP contribution in [0.2, 0.25) is 0 Å². The van der Waals surface area contributed by atoms with Gasteiger partial charge in [-0.05, 0) is 42.3 Å². The Balaban J connectivity index is 2.52. The van der Waals surface area contributed by atoms with Gasteiger partial charge in [0.15, 0.2) is 0 Å². The van der Waals surface area contributed by atoms with E-state index in [9.17, 15) is 18.0 Å². The molecule has 0 spiro atoms. The first kappa shape index (κ1) is 14.8. The molecule has 1 N–H and O–H groups in total. The van der Waals surface area contributed by atoms with Gasteiger partial charge in [-0.25, -0.2) is 4.79 Å². The predicted octanol–water partition coefficient (Wildman–Crippen LogP) is 3.65. The van der Waals surface area contributed by atoms with Crippen LogP contribution in [0.1, 0.15) is 15.9 Å². The molecule has 0 bridgehead atoms. The lowest BCUT2D eigenvalue weighted by Crippen LogP contribution is -2.17. The molecule has 4 nitrogen and oxygen atoms in total. The number of ether oxygens (including phenoxy) is 1. The maximum atomic E-state index is 12.3. The van der Waals surface area contributed by atoms with E-state index < -0.39 is 18.1 Å². The summed E-state index contributed by atoms with van der Waals surface area (Å²) in [6.07, 6.45) is -1.87. The Kier molecular flexibility index (Phi) is 3.84. The van der Waals surface area contributed by atoms with Crippen LogP contribution in [0, 0.1) is 6.92 Å². The zero-order chi connectivity index (χ0) is 15.6. The molecule has 7 heteroatoms.